The van der Waals surface area contributed by atoms with Gasteiger partial charge in [0.2, 0.25) is 0 Å². The summed E-state index contributed by atoms with van der Waals surface area (Å²) in [4.78, 5) is 10.6. The average molecular weight is 157 g/mol. The highest BCUT2D eigenvalue weighted by Crippen LogP contribution is 1.85. The lowest BCUT2D eigenvalue weighted by Gasteiger charge is -2.06. The lowest BCUT2D eigenvalue weighted by Crippen LogP contribution is -2.26. The molecule has 0 radical (unpaired) electrons. The van der Waals surface area contributed by atoms with E-state index in [1.54, 1.807) is 6.08 Å². The topological polar surface area (TPSA) is 38.3 Å². The molecule has 0 aliphatic carbocycles. The van der Waals surface area contributed by atoms with Gasteiger partial charge in [-0.05, 0) is 6.92 Å². The summed E-state index contributed by atoms with van der Waals surface area (Å²) < 4.78 is 4.46. The molecule has 0 saturated carbocycles. The number of carbonyl (C=O) groups excluding carboxylic acids is 1. The molecule has 0 aromatic heterocycles. The Morgan fingerprint density at radius 1 is 1.82 bits per heavy atom. The highest BCUT2D eigenvalue weighted by molar-refractivity contribution is 5.69. The van der Waals surface area contributed by atoms with E-state index >= 15 is 0 Å². The van der Waals surface area contributed by atoms with Gasteiger partial charge in [-0.1, -0.05) is 6.08 Å². The summed E-state index contributed by atoms with van der Waals surface area (Å²) in [6.45, 7) is 6.22. The normalized spacial score (nSPS) is 12.2. The van der Waals surface area contributed by atoms with Gasteiger partial charge in [0.15, 0.2) is 0 Å². The Labute approximate surface area is 67.4 Å². The first-order valence-electron chi connectivity index (χ1n) is 3.63. The summed E-state index contributed by atoms with van der Waals surface area (Å²) in [6, 6.07) is 0.250. The molecule has 0 aliphatic rings. The van der Waals surface area contributed by atoms with Crippen LogP contribution in [0, 0.1) is 0 Å². The number of methoxy groups -OCH3 is 1. The Morgan fingerprint density at radius 3 is 2.91 bits per heavy atom. The molecule has 0 amide bonds. The second-order valence-electron chi connectivity index (χ2n) is 2.30. The van der Waals surface area contributed by atoms with Crippen LogP contribution in [0.5, 0.6) is 0 Å². The van der Waals surface area contributed by atoms with Gasteiger partial charge in [0.25, 0.3) is 0 Å². The van der Waals surface area contributed by atoms with Crippen molar-refractivity contribution in [3.63, 3.8) is 0 Å². The molecular weight excluding hydrogens is 142 g/mol. The third-order valence-electron chi connectivity index (χ3n) is 1.38. The largest absolute Gasteiger partial charge is 0.469 e. The van der Waals surface area contributed by atoms with E-state index in [9.17, 15) is 4.79 Å². The highest BCUT2D eigenvalue weighted by atomic mass is 16.5. The summed E-state index contributed by atoms with van der Waals surface area (Å²) in [7, 11) is 1.39. The van der Waals surface area contributed by atoms with E-state index in [1.165, 1.54) is 7.11 Å². The SMILES string of the molecule is C=CC(C)NCCC(=O)OC. The molecule has 11 heavy (non-hydrogen) atoms. The molecule has 0 aromatic carbocycles. The molecule has 1 unspecified atom stereocenters. The van der Waals surface area contributed by atoms with Crippen molar-refractivity contribution >= 4 is 5.97 Å². The standard InChI is InChI=1S/C8H15NO2/c1-4-7(2)9-6-5-8(10)11-3/h4,7,9H,1,5-6H2,2-3H3. The second kappa shape index (κ2) is 5.92. The molecule has 0 bridgehead atoms. The van der Waals surface area contributed by atoms with Crippen molar-refractivity contribution in [1.29, 1.82) is 0 Å². The van der Waals surface area contributed by atoms with Crippen molar-refractivity contribution in [3.05, 3.63) is 12.7 Å². The Morgan fingerprint density at radius 2 is 2.45 bits per heavy atom. The molecule has 0 fully saturated rings. The van der Waals surface area contributed by atoms with Crippen LogP contribution in [0.2, 0.25) is 0 Å². The maximum atomic E-state index is 10.6. The highest BCUT2D eigenvalue weighted by Gasteiger charge is 1.99. The monoisotopic (exact) mass is 157 g/mol. The van der Waals surface area contributed by atoms with Crippen LogP contribution < -0.4 is 5.32 Å². The van der Waals surface area contributed by atoms with E-state index in [2.05, 4.69) is 16.6 Å². The van der Waals surface area contributed by atoms with Gasteiger partial charge in [-0.15, -0.1) is 6.58 Å². The zero-order valence-corrected chi connectivity index (χ0v) is 7.09. The number of hydrogen-bond acceptors (Lipinski definition) is 3. The fourth-order valence-electron chi connectivity index (χ4n) is 0.587. The Balaban J connectivity index is 3.26. The van der Waals surface area contributed by atoms with E-state index in [-0.39, 0.29) is 12.0 Å². The fourth-order valence-corrected chi connectivity index (χ4v) is 0.587. The van der Waals surface area contributed by atoms with Gasteiger partial charge in [0.1, 0.15) is 0 Å². The van der Waals surface area contributed by atoms with Gasteiger partial charge in [-0.25, -0.2) is 0 Å². The number of rotatable bonds is 5. The van der Waals surface area contributed by atoms with Gasteiger partial charge in [-0.2, -0.15) is 0 Å². The van der Waals surface area contributed by atoms with Gasteiger partial charge in [0.05, 0.1) is 13.5 Å². The van der Waals surface area contributed by atoms with Crippen molar-refractivity contribution in [2.75, 3.05) is 13.7 Å². The molecule has 1 atom stereocenters. The van der Waals surface area contributed by atoms with Crippen LogP contribution in [0.1, 0.15) is 13.3 Å². The minimum atomic E-state index is -0.186. The average Bonchev–Trinajstić information content (AvgIpc) is 2.04. The first-order chi connectivity index (χ1) is 5.20. The molecule has 0 heterocycles. The number of nitrogens with one attached hydrogen (secondary N) is 1. The zero-order valence-electron chi connectivity index (χ0n) is 7.09. The predicted molar refractivity (Wildman–Crippen MR) is 44.3 cm³/mol. The molecule has 0 aliphatic heterocycles. The van der Waals surface area contributed by atoms with Crippen LogP contribution in [0.15, 0.2) is 12.7 Å². The van der Waals surface area contributed by atoms with Crippen molar-refractivity contribution in [1.82, 2.24) is 5.32 Å². The molecule has 0 rings (SSSR count). The van der Waals surface area contributed by atoms with E-state index < -0.39 is 0 Å². The number of esters is 1. The number of carbonyl (C=O) groups is 1. The quantitative estimate of drug-likeness (QED) is 0.472. The Kier molecular flexibility index (Phi) is 5.47. The van der Waals surface area contributed by atoms with Crippen molar-refractivity contribution in [2.45, 2.75) is 19.4 Å². The maximum absolute atomic E-state index is 10.6. The summed E-state index contributed by atoms with van der Waals surface area (Å²) in [5, 5.41) is 3.08. The molecule has 0 spiro atoms. The van der Waals surface area contributed by atoms with E-state index in [1.807, 2.05) is 6.92 Å². The molecular formula is C8H15NO2. The van der Waals surface area contributed by atoms with Crippen LogP contribution >= 0.6 is 0 Å². The van der Waals surface area contributed by atoms with Crippen molar-refractivity contribution < 1.29 is 9.53 Å². The smallest absolute Gasteiger partial charge is 0.306 e. The maximum Gasteiger partial charge on any atom is 0.306 e. The predicted octanol–water partition coefficient (Wildman–Crippen LogP) is 0.714. The van der Waals surface area contributed by atoms with Crippen molar-refractivity contribution in [3.8, 4) is 0 Å². The van der Waals surface area contributed by atoms with Gasteiger partial charge < -0.3 is 10.1 Å². The Hall–Kier alpha value is -0.830. The van der Waals surface area contributed by atoms with Gasteiger partial charge in [-0.3, -0.25) is 4.79 Å². The summed E-state index contributed by atoms with van der Waals surface area (Å²) in [6.07, 6.45) is 2.20. The first-order valence-corrected chi connectivity index (χ1v) is 3.63. The first kappa shape index (κ1) is 10.2. The van der Waals surface area contributed by atoms with Gasteiger partial charge >= 0.3 is 5.97 Å². The van der Waals surface area contributed by atoms with Crippen LogP contribution in [0.3, 0.4) is 0 Å². The van der Waals surface area contributed by atoms with Crippen LogP contribution in [-0.4, -0.2) is 25.7 Å². The summed E-state index contributed by atoms with van der Waals surface area (Å²) >= 11 is 0. The fraction of sp³-hybridized carbons (Fsp3) is 0.625. The molecule has 3 heteroatoms. The minimum absolute atomic E-state index is 0.186. The minimum Gasteiger partial charge on any atom is -0.469 e. The van der Waals surface area contributed by atoms with E-state index in [0.717, 1.165) is 0 Å². The lowest BCUT2D eigenvalue weighted by molar-refractivity contribution is -0.140. The lowest BCUT2D eigenvalue weighted by atomic mass is 10.3. The number of hydrogen-bond donors (Lipinski definition) is 1. The molecule has 1 N–H and O–H groups in total. The van der Waals surface area contributed by atoms with Crippen LogP contribution in [0.4, 0.5) is 0 Å². The number of ether oxygens (including phenoxy) is 1. The van der Waals surface area contributed by atoms with Crippen LogP contribution in [-0.2, 0) is 9.53 Å². The molecule has 0 aromatic rings. The van der Waals surface area contributed by atoms with Crippen LogP contribution in [0.25, 0.3) is 0 Å². The summed E-state index contributed by atoms with van der Waals surface area (Å²) in [5.74, 6) is -0.186. The zero-order chi connectivity index (χ0) is 8.69. The second-order valence-corrected chi connectivity index (χ2v) is 2.30. The third-order valence-corrected chi connectivity index (χ3v) is 1.38. The molecule has 64 valence electrons. The third kappa shape index (κ3) is 5.61. The van der Waals surface area contributed by atoms with E-state index in [4.69, 9.17) is 0 Å². The van der Waals surface area contributed by atoms with Crippen molar-refractivity contribution in [2.24, 2.45) is 0 Å². The molecule has 3 nitrogen and oxygen atoms in total. The van der Waals surface area contributed by atoms with Gasteiger partial charge in [0, 0.05) is 12.6 Å². The Bertz CT molecular complexity index is 134. The summed E-state index contributed by atoms with van der Waals surface area (Å²) in [5.41, 5.74) is 0. The molecule has 0 saturated heterocycles. The van der Waals surface area contributed by atoms with E-state index in [0.29, 0.717) is 13.0 Å².